The number of primary amides is 1. The maximum Gasteiger partial charge on any atom is 0.238 e. The van der Waals surface area contributed by atoms with Crippen molar-refractivity contribution in [2.24, 2.45) is 11.5 Å². The summed E-state index contributed by atoms with van der Waals surface area (Å²) in [6.45, 7) is 5.11. The third-order valence-electron chi connectivity index (χ3n) is 0.837. The fraction of sp³-hybridized carbons (Fsp3) is 0.400. The lowest BCUT2D eigenvalue weighted by Crippen LogP contribution is -2.36. The van der Waals surface area contributed by atoms with Crippen LogP contribution in [0.15, 0.2) is 12.2 Å². The minimum Gasteiger partial charge on any atom is -0.368 e. The molecule has 0 aromatic carbocycles. The molecule has 0 bridgehead atoms. The highest BCUT2D eigenvalue weighted by molar-refractivity contribution is 5.82. The summed E-state index contributed by atoms with van der Waals surface area (Å²) in [4.78, 5) is 10.2. The zero-order valence-corrected chi connectivity index (χ0v) is 4.85. The average Bonchev–Trinajstić information content (AvgIpc) is 1.64. The Morgan fingerprint density at radius 2 is 2.12 bits per heavy atom. The number of hydrogen-bond donors (Lipinski definition) is 2. The van der Waals surface area contributed by atoms with Gasteiger partial charge in [0.25, 0.3) is 0 Å². The molecule has 1 amide bonds. The molecule has 3 heteroatoms. The summed E-state index contributed by atoms with van der Waals surface area (Å²) in [6.07, 6.45) is 0. The number of hydrogen-bond acceptors (Lipinski definition) is 2. The van der Waals surface area contributed by atoms with Crippen molar-refractivity contribution in [1.82, 2.24) is 0 Å². The predicted octanol–water partition coefficient (Wildman–Crippen LogP) is -0.625. The van der Waals surface area contributed by atoms with Crippen LogP contribution in [0.5, 0.6) is 0 Å². The summed E-state index contributed by atoms with van der Waals surface area (Å²) in [7, 11) is 0. The molecule has 46 valence electrons. The Hall–Kier alpha value is -0.830. The molecule has 0 aromatic rings. The van der Waals surface area contributed by atoms with Gasteiger partial charge >= 0.3 is 0 Å². The van der Waals surface area contributed by atoms with Crippen LogP contribution in [-0.4, -0.2) is 11.9 Å². The molecule has 0 heterocycles. The lowest BCUT2D eigenvalue weighted by molar-refractivity contribution is -0.118. The molecule has 0 radical (unpaired) electrons. The van der Waals surface area contributed by atoms with Gasteiger partial charge in [-0.25, -0.2) is 0 Å². The van der Waals surface area contributed by atoms with Crippen LogP contribution in [0.25, 0.3) is 0 Å². The molecule has 0 rings (SSSR count). The monoisotopic (exact) mass is 114 g/mol. The Kier molecular flexibility index (Phi) is 2.21. The van der Waals surface area contributed by atoms with Gasteiger partial charge in [-0.2, -0.15) is 0 Å². The second-order valence-corrected chi connectivity index (χ2v) is 1.73. The Morgan fingerprint density at radius 3 is 2.12 bits per heavy atom. The summed E-state index contributed by atoms with van der Waals surface area (Å²) < 4.78 is 0. The van der Waals surface area contributed by atoms with Gasteiger partial charge in [0, 0.05) is 0 Å². The van der Waals surface area contributed by atoms with Gasteiger partial charge in [0.1, 0.15) is 6.04 Å². The Labute approximate surface area is 48.4 Å². The van der Waals surface area contributed by atoms with Gasteiger partial charge in [-0.15, -0.1) is 0 Å². The molecular weight excluding hydrogens is 104 g/mol. The van der Waals surface area contributed by atoms with Crippen LogP contribution < -0.4 is 11.5 Å². The molecule has 0 fully saturated rings. The Balaban J connectivity index is 3.83. The first-order chi connectivity index (χ1) is 3.55. The highest BCUT2D eigenvalue weighted by Crippen LogP contribution is 1.90. The third kappa shape index (κ3) is 1.75. The van der Waals surface area contributed by atoms with Crippen molar-refractivity contribution in [2.75, 3.05) is 0 Å². The molecule has 0 aliphatic heterocycles. The van der Waals surface area contributed by atoms with E-state index in [4.69, 9.17) is 11.5 Å². The summed E-state index contributed by atoms with van der Waals surface area (Å²) in [6, 6.07) is -0.685. The summed E-state index contributed by atoms with van der Waals surface area (Å²) in [5.41, 5.74) is 10.6. The van der Waals surface area contributed by atoms with Crippen molar-refractivity contribution in [1.29, 1.82) is 0 Å². The maximum atomic E-state index is 10.2. The molecular formula is C5H10N2O. The Bertz CT molecular complexity index is 106. The van der Waals surface area contributed by atoms with Crippen LogP contribution in [0.3, 0.4) is 0 Å². The van der Waals surface area contributed by atoms with E-state index in [0.717, 1.165) is 0 Å². The van der Waals surface area contributed by atoms with Gasteiger partial charge in [0.05, 0.1) is 0 Å². The standard InChI is InChI=1S/C5H10N2O/c1-3(2)4(6)5(7)8/h4H,1,6H2,2H3,(H2,7,8). The second kappa shape index (κ2) is 2.47. The molecule has 0 spiro atoms. The summed E-state index contributed by atoms with van der Waals surface area (Å²) >= 11 is 0. The second-order valence-electron chi connectivity index (χ2n) is 1.73. The van der Waals surface area contributed by atoms with Crippen LogP contribution in [0.1, 0.15) is 6.92 Å². The van der Waals surface area contributed by atoms with Gasteiger partial charge in [-0.1, -0.05) is 12.2 Å². The highest BCUT2D eigenvalue weighted by Gasteiger charge is 2.07. The van der Waals surface area contributed by atoms with Crippen LogP contribution in [0.2, 0.25) is 0 Å². The van der Waals surface area contributed by atoms with Crippen molar-refractivity contribution in [3.05, 3.63) is 12.2 Å². The van der Waals surface area contributed by atoms with Gasteiger partial charge in [-0.3, -0.25) is 4.79 Å². The quantitative estimate of drug-likeness (QED) is 0.469. The van der Waals surface area contributed by atoms with Crippen LogP contribution >= 0.6 is 0 Å². The minimum absolute atomic E-state index is 0.530. The van der Waals surface area contributed by atoms with E-state index in [1.165, 1.54) is 0 Å². The summed E-state index contributed by atoms with van der Waals surface area (Å²) in [5, 5.41) is 0. The molecule has 1 unspecified atom stereocenters. The lowest BCUT2D eigenvalue weighted by atomic mass is 10.1. The van der Waals surface area contributed by atoms with Crippen molar-refractivity contribution >= 4 is 5.91 Å². The molecule has 0 aromatic heterocycles. The molecule has 0 saturated heterocycles. The predicted molar refractivity (Wildman–Crippen MR) is 32.0 cm³/mol. The molecule has 3 nitrogen and oxygen atoms in total. The van der Waals surface area contributed by atoms with Crippen molar-refractivity contribution in [2.45, 2.75) is 13.0 Å². The highest BCUT2D eigenvalue weighted by atomic mass is 16.1. The number of nitrogens with two attached hydrogens (primary N) is 2. The van der Waals surface area contributed by atoms with Gasteiger partial charge in [0.15, 0.2) is 0 Å². The molecule has 8 heavy (non-hydrogen) atoms. The molecule has 4 N–H and O–H groups in total. The van der Waals surface area contributed by atoms with Crippen molar-refractivity contribution < 1.29 is 4.79 Å². The van der Waals surface area contributed by atoms with E-state index >= 15 is 0 Å². The van der Waals surface area contributed by atoms with Crippen molar-refractivity contribution in [3.63, 3.8) is 0 Å². The van der Waals surface area contributed by atoms with Crippen molar-refractivity contribution in [3.8, 4) is 0 Å². The SMILES string of the molecule is C=C(C)C(N)C(N)=O. The van der Waals surface area contributed by atoms with E-state index in [0.29, 0.717) is 5.57 Å². The number of amides is 1. The van der Waals surface area contributed by atoms with E-state index in [-0.39, 0.29) is 0 Å². The van der Waals surface area contributed by atoms with Crippen LogP contribution in [0, 0.1) is 0 Å². The van der Waals surface area contributed by atoms with E-state index in [2.05, 4.69) is 6.58 Å². The van der Waals surface area contributed by atoms with E-state index in [9.17, 15) is 4.79 Å². The van der Waals surface area contributed by atoms with E-state index in [1.54, 1.807) is 6.92 Å². The molecule has 1 atom stereocenters. The third-order valence-corrected chi connectivity index (χ3v) is 0.837. The first-order valence-corrected chi connectivity index (χ1v) is 2.26. The van der Waals surface area contributed by atoms with Gasteiger partial charge in [0.2, 0.25) is 5.91 Å². The number of carbonyl (C=O) groups excluding carboxylic acids is 1. The first-order valence-electron chi connectivity index (χ1n) is 2.26. The largest absolute Gasteiger partial charge is 0.368 e. The fourth-order valence-corrected chi connectivity index (χ4v) is 0.243. The van der Waals surface area contributed by atoms with Crippen LogP contribution in [0.4, 0.5) is 0 Å². The average molecular weight is 114 g/mol. The lowest BCUT2D eigenvalue weighted by Gasteiger charge is -2.03. The normalized spacial score (nSPS) is 12.8. The minimum atomic E-state index is -0.685. The summed E-state index contributed by atoms with van der Waals surface area (Å²) in [5.74, 6) is -0.530. The smallest absolute Gasteiger partial charge is 0.238 e. The maximum absolute atomic E-state index is 10.2. The molecule has 0 saturated carbocycles. The van der Waals surface area contributed by atoms with Gasteiger partial charge in [-0.05, 0) is 6.92 Å². The Morgan fingerprint density at radius 1 is 1.75 bits per heavy atom. The molecule has 0 aliphatic carbocycles. The van der Waals surface area contributed by atoms with E-state index in [1.807, 2.05) is 0 Å². The fourth-order valence-electron chi connectivity index (χ4n) is 0.243. The number of carbonyl (C=O) groups is 1. The van der Waals surface area contributed by atoms with Crippen LogP contribution in [-0.2, 0) is 4.79 Å². The first kappa shape index (κ1) is 7.17. The van der Waals surface area contributed by atoms with Gasteiger partial charge < -0.3 is 11.5 Å². The topological polar surface area (TPSA) is 69.1 Å². The zero-order valence-electron chi connectivity index (χ0n) is 4.85. The zero-order chi connectivity index (χ0) is 6.73. The molecule has 0 aliphatic rings. The number of rotatable bonds is 2. The van der Waals surface area contributed by atoms with E-state index < -0.39 is 11.9 Å².